The first-order chi connectivity index (χ1) is 35.4. The van der Waals surface area contributed by atoms with Crippen LogP contribution in [0.15, 0.2) is 0 Å². The first-order valence-electron chi connectivity index (χ1n) is 24.6. The minimum atomic E-state index is -1.09. The highest BCUT2D eigenvalue weighted by Gasteiger charge is 2.20. The summed E-state index contributed by atoms with van der Waals surface area (Å²) in [5.41, 5.74) is 0. The molecule has 0 aromatic rings. The number of carbonyl (C=O) groups excluding carboxylic acids is 4. The minimum absolute atomic E-state index is 0.00621. The molecule has 0 saturated carbocycles. The predicted molar refractivity (Wildman–Crippen MR) is 262 cm³/mol. The fourth-order valence-corrected chi connectivity index (χ4v) is 6.97. The van der Waals surface area contributed by atoms with Crippen molar-refractivity contribution < 1.29 is 98.4 Å². The summed E-state index contributed by atoms with van der Waals surface area (Å²) in [6.45, 7) is 1.16. The molecule has 0 aromatic carbocycles. The van der Waals surface area contributed by atoms with E-state index in [9.17, 15) is 57.5 Å². The third-order valence-electron chi connectivity index (χ3n) is 11.2. The molecule has 12 N–H and O–H groups in total. The zero-order chi connectivity index (χ0) is 56.6. The van der Waals surface area contributed by atoms with Crippen molar-refractivity contribution in [3.8, 4) is 0 Å². The fourth-order valence-electron chi connectivity index (χ4n) is 6.97. The monoisotopic (exact) mass is 1080 g/mol. The van der Waals surface area contributed by atoms with E-state index in [1.54, 1.807) is 29.4 Å². The molecule has 0 aromatic heterocycles. The van der Waals surface area contributed by atoms with E-state index in [1.165, 1.54) is 0 Å². The number of nitrogens with zero attached hydrogens (tertiary/aromatic N) is 6. The first-order valence-corrected chi connectivity index (χ1v) is 24.6. The van der Waals surface area contributed by atoms with Crippen molar-refractivity contribution in [1.82, 2.24) is 50.7 Å². The van der Waals surface area contributed by atoms with E-state index >= 15 is 0 Å². The molecule has 0 atom stereocenters. The summed E-state index contributed by atoms with van der Waals surface area (Å²) in [5, 5.41) is 83.8. The first kappa shape index (κ1) is 68.4. The number of aliphatic carboxylic acids is 8. The lowest BCUT2D eigenvalue weighted by molar-refractivity contribution is -0.139. The summed E-state index contributed by atoms with van der Waals surface area (Å²) in [5.74, 6) is -10.5. The molecule has 0 aliphatic heterocycles. The maximum Gasteiger partial charge on any atom is 0.304 e. The summed E-state index contributed by atoms with van der Waals surface area (Å²) >= 11 is 0. The van der Waals surface area contributed by atoms with Gasteiger partial charge in [0, 0.05) is 157 Å². The molecule has 0 heterocycles. The number of hydrogen-bond acceptors (Lipinski definition) is 18. The van der Waals surface area contributed by atoms with Crippen LogP contribution in [0.5, 0.6) is 0 Å². The van der Waals surface area contributed by atoms with Crippen molar-refractivity contribution >= 4 is 71.4 Å². The molecular weight excluding hydrogens is 1000 g/mol. The topological polar surface area (TPSA) is 434 Å². The molecule has 0 radical (unpaired) electrons. The van der Waals surface area contributed by atoms with Gasteiger partial charge in [0.25, 0.3) is 0 Å². The van der Waals surface area contributed by atoms with Crippen LogP contribution in [0.2, 0.25) is 0 Å². The molecule has 0 unspecified atom stereocenters. The van der Waals surface area contributed by atoms with Gasteiger partial charge in [-0.2, -0.15) is 0 Å². The Hall–Kier alpha value is -6.60. The molecule has 0 bridgehead atoms. The van der Waals surface area contributed by atoms with Crippen LogP contribution in [0, 0.1) is 0 Å². The number of carboxylic acid groups (broad SMARTS) is 8. The van der Waals surface area contributed by atoms with Crippen molar-refractivity contribution in [2.24, 2.45) is 0 Å². The van der Waals surface area contributed by atoms with E-state index in [0.29, 0.717) is 0 Å². The molecule has 0 spiro atoms. The van der Waals surface area contributed by atoms with E-state index in [4.69, 9.17) is 40.9 Å². The molecule has 75 heavy (non-hydrogen) atoms. The van der Waals surface area contributed by atoms with Gasteiger partial charge in [0.05, 0.1) is 58.0 Å². The fraction of sp³-hybridized carbons (Fsp3) is 0.733. The zero-order valence-electron chi connectivity index (χ0n) is 42.5. The molecule has 0 fully saturated rings. The van der Waals surface area contributed by atoms with Crippen molar-refractivity contribution in [3.63, 3.8) is 0 Å². The molecule has 30 nitrogen and oxygen atoms in total. The Balaban J connectivity index is 6.30. The summed E-state index contributed by atoms with van der Waals surface area (Å²) < 4.78 is 0. The summed E-state index contributed by atoms with van der Waals surface area (Å²) in [7, 11) is 0. The molecular formula is C45H78N10O20. The highest BCUT2D eigenvalue weighted by molar-refractivity contribution is 5.78. The van der Waals surface area contributed by atoms with Crippen LogP contribution >= 0.6 is 0 Å². The molecule has 30 heteroatoms. The second-order valence-corrected chi connectivity index (χ2v) is 17.3. The average molecular weight is 1080 g/mol. The van der Waals surface area contributed by atoms with Crippen LogP contribution in [0.3, 0.4) is 0 Å². The van der Waals surface area contributed by atoms with Gasteiger partial charge in [-0.3, -0.25) is 67.3 Å². The smallest absolute Gasteiger partial charge is 0.304 e. The van der Waals surface area contributed by atoms with E-state index in [1.807, 2.05) is 0 Å². The maximum atomic E-state index is 13.2. The number of carboxylic acids is 8. The van der Waals surface area contributed by atoms with Crippen LogP contribution in [-0.2, 0) is 57.5 Å². The summed E-state index contributed by atoms with van der Waals surface area (Å²) in [6, 6.07) is 0. The summed E-state index contributed by atoms with van der Waals surface area (Å²) in [6.07, 6.45) is -2.60. The van der Waals surface area contributed by atoms with Gasteiger partial charge < -0.3 is 81.7 Å². The third kappa shape index (κ3) is 43.5. The third-order valence-corrected chi connectivity index (χ3v) is 11.2. The highest BCUT2D eigenvalue weighted by Crippen LogP contribution is 2.05. The SMILES string of the molecule is O=C(O)CCN(CCNC(=O)CCN(CCC(=O)NCCN(CCC(=O)O)CCC(=O)O)CN(CCC(=O)NCCN(CCC(=O)O)CCC(=O)O)CCC(=O)NCCN(CCC(=O)O)CCC(=O)O)CCC(=O)O. The molecule has 4 amide bonds. The Morgan fingerprint density at radius 1 is 0.213 bits per heavy atom. The van der Waals surface area contributed by atoms with E-state index in [-0.39, 0.29) is 215 Å². The second kappa shape index (κ2) is 41.7. The van der Waals surface area contributed by atoms with Gasteiger partial charge in [-0.1, -0.05) is 0 Å². The number of carbonyl (C=O) groups is 12. The zero-order valence-corrected chi connectivity index (χ0v) is 42.5. The highest BCUT2D eigenvalue weighted by atomic mass is 16.4. The normalized spacial score (nSPS) is 11.3. The maximum absolute atomic E-state index is 13.2. The number of nitrogens with one attached hydrogen (secondary N) is 4. The van der Waals surface area contributed by atoms with Crippen molar-refractivity contribution in [2.45, 2.75) is 77.0 Å². The van der Waals surface area contributed by atoms with Gasteiger partial charge >= 0.3 is 47.8 Å². The number of rotatable bonds is 50. The Morgan fingerprint density at radius 3 is 0.507 bits per heavy atom. The molecule has 0 aliphatic rings. The van der Waals surface area contributed by atoms with E-state index in [0.717, 1.165) is 0 Å². The lowest BCUT2D eigenvalue weighted by atomic mass is 10.2. The lowest BCUT2D eigenvalue weighted by Crippen LogP contribution is -2.45. The number of hydrogen-bond donors (Lipinski definition) is 12. The summed E-state index contributed by atoms with van der Waals surface area (Å²) in [4.78, 5) is 152. The molecule has 0 rings (SSSR count). The van der Waals surface area contributed by atoms with Crippen LogP contribution in [0.1, 0.15) is 77.0 Å². The average Bonchev–Trinajstić information content (AvgIpc) is 3.32. The lowest BCUT2D eigenvalue weighted by Gasteiger charge is -2.30. The van der Waals surface area contributed by atoms with Crippen molar-refractivity contribution in [3.05, 3.63) is 0 Å². The second-order valence-electron chi connectivity index (χ2n) is 17.3. The molecule has 0 saturated heterocycles. The van der Waals surface area contributed by atoms with Crippen LogP contribution in [-0.4, -0.2) is 279 Å². The largest absolute Gasteiger partial charge is 0.481 e. The van der Waals surface area contributed by atoms with Gasteiger partial charge in [0.15, 0.2) is 0 Å². The van der Waals surface area contributed by atoms with Gasteiger partial charge in [-0.05, 0) is 0 Å². The minimum Gasteiger partial charge on any atom is -0.481 e. The van der Waals surface area contributed by atoms with Gasteiger partial charge in [-0.15, -0.1) is 0 Å². The van der Waals surface area contributed by atoms with Crippen molar-refractivity contribution in [1.29, 1.82) is 0 Å². The Bertz CT molecular complexity index is 1510. The van der Waals surface area contributed by atoms with Crippen LogP contribution in [0.4, 0.5) is 0 Å². The quantitative estimate of drug-likeness (QED) is 0.0264. The van der Waals surface area contributed by atoms with Crippen molar-refractivity contribution in [2.75, 3.05) is 138 Å². The number of amides is 4. The van der Waals surface area contributed by atoms with Crippen LogP contribution in [0.25, 0.3) is 0 Å². The predicted octanol–water partition coefficient (Wildman–Crippen LogP) is -3.42. The Kier molecular flexibility index (Phi) is 38.0. The standard InChI is InChI=1S/C45H78N10O20/c56-34(46-13-29-50(21-5-38(60)61)22-6-39(62)63)1-17-54(18-2-35(57)47-14-30-51(23-7-40(64)65)24-8-41(66)67)33-55(19-3-36(58)48-15-31-52(25-9-42(68)69)26-10-43(70)71)20-4-37(59)49-16-32-53(27-11-44(72)73)28-12-45(74)75/h1-33H2,(H,46,56)(H,47,57)(H,48,58)(H,49,59)(H,60,61)(H,62,63)(H,64,65)(H,66,67)(H,68,69)(H,70,71)(H,72,73)(H,74,75). The van der Waals surface area contributed by atoms with Crippen LogP contribution < -0.4 is 21.3 Å². The van der Waals surface area contributed by atoms with E-state index < -0.39 is 71.4 Å². The Labute approximate surface area is 434 Å². The van der Waals surface area contributed by atoms with Gasteiger partial charge in [0.2, 0.25) is 23.6 Å². The van der Waals surface area contributed by atoms with Gasteiger partial charge in [-0.25, -0.2) is 0 Å². The van der Waals surface area contributed by atoms with Gasteiger partial charge in [0.1, 0.15) is 0 Å². The molecule has 0 aliphatic carbocycles. The Morgan fingerprint density at radius 2 is 0.360 bits per heavy atom. The van der Waals surface area contributed by atoms with E-state index in [2.05, 4.69) is 21.3 Å². The molecule has 428 valence electrons.